The van der Waals surface area contributed by atoms with Crippen LogP contribution in [0, 0.1) is 0 Å². The highest BCUT2D eigenvalue weighted by molar-refractivity contribution is 5.77. The minimum atomic E-state index is 0.0377. The van der Waals surface area contributed by atoms with Gasteiger partial charge in [0.2, 0.25) is 5.89 Å². The van der Waals surface area contributed by atoms with Crippen LogP contribution in [0.4, 0.5) is 0 Å². The topological polar surface area (TPSA) is 63.3 Å². The molecule has 4 heteroatoms. The standard InChI is InChI=1S/C12H11NO3/c1-8(14)5-10-7-16-12(13-10)9-3-2-4-11(15)6-9/h2-4,6-7,15H,5H2,1H3. The fourth-order valence-electron chi connectivity index (χ4n) is 1.41. The van der Waals surface area contributed by atoms with Gasteiger partial charge in [-0.3, -0.25) is 4.79 Å². The summed E-state index contributed by atoms with van der Waals surface area (Å²) in [6.45, 7) is 1.50. The number of aromatic hydroxyl groups is 1. The van der Waals surface area contributed by atoms with E-state index in [1.807, 2.05) is 0 Å². The van der Waals surface area contributed by atoms with E-state index in [4.69, 9.17) is 4.42 Å². The molecule has 4 nitrogen and oxygen atoms in total. The second-order valence-corrected chi connectivity index (χ2v) is 3.57. The molecular formula is C12H11NO3. The summed E-state index contributed by atoms with van der Waals surface area (Å²) >= 11 is 0. The van der Waals surface area contributed by atoms with Crippen LogP contribution in [0.15, 0.2) is 34.9 Å². The molecule has 0 amide bonds. The highest BCUT2D eigenvalue weighted by atomic mass is 16.3. The Kier molecular flexibility index (Phi) is 2.72. The summed E-state index contributed by atoms with van der Waals surface area (Å²) in [5.41, 5.74) is 1.29. The molecule has 0 aliphatic carbocycles. The Morgan fingerprint density at radius 2 is 2.31 bits per heavy atom. The van der Waals surface area contributed by atoms with Gasteiger partial charge in [-0.05, 0) is 25.1 Å². The van der Waals surface area contributed by atoms with Crippen molar-refractivity contribution in [2.75, 3.05) is 0 Å². The summed E-state index contributed by atoms with van der Waals surface area (Å²) in [5.74, 6) is 0.603. The average Bonchev–Trinajstić information content (AvgIpc) is 2.65. The minimum absolute atomic E-state index is 0.0377. The van der Waals surface area contributed by atoms with Crippen molar-refractivity contribution in [1.82, 2.24) is 4.98 Å². The fourth-order valence-corrected chi connectivity index (χ4v) is 1.41. The molecule has 0 saturated heterocycles. The minimum Gasteiger partial charge on any atom is -0.508 e. The van der Waals surface area contributed by atoms with E-state index in [9.17, 15) is 9.90 Å². The number of oxazole rings is 1. The summed E-state index contributed by atoms with van der Waals surface area (Å²) in [6.07, 6.45) is 1.73. The second-order valence-electron chi connectivity index (χ2n) is 3.57. The van der Waals surface area contributed by atoms with Crippen molar-refractivity contribution in [3.05, 3.63) is 36.2 Å². The molecule has 0 radical (unpaired) electrons. The van der Waals surface area contributed by atoms with Crippen molar-refractivity contribution in [2.45, 2.75) is 13.3 Å². The van der Waals surface area contributed by atoms with Crippen molar-refractivity contribution in [1.29, 1.82) is 0 Å². The lowest BCUT2D eigenvalue weighted by Crippen LogP contribution is -1.95. The zero-order valence-electron chi connectivity index (χ0n) is 8.80. The molecule has 82 valence electrons. The van der Waals surface area contributed by atoms with Crippen molar-refractivity contribution >= 4 is 5.78 Å². The van der Waals surface area contributed by atoms with Gasteiger partial charge in [0.15, 0.2) is 0 Å². The van der Waals surface area contributed by atoms with Crippen LogP contribution in [0.1, 0.15) is 12.6 Å². The van der Waals surface area contributed by atoms with Crippen LogP contribution in [-0.2, 0) is 11.2 Å². The van der Waals surface area contributed by atoms with Gasteiger partial charge >= 0.3 is 0 Å². The predicted molar refractivity (Wildman–Crippen MR) is 58.0 cm³/mol. The van der Waals surface area contributed by atoms with Gasteiger partial charge in [0.05, 0.1) is 12.1 Å². The van der Waals surface area contributed by atoms with Gasteiger partial charge in [-0.15, -0.1) is 0 Å². The first-order chi connectivity index (χ1) is 7.65. The molecule has 0 bridgehead atoms. The fraction of sp³-hybridized carbons (Fsp3) is 0.167. The maximum absolute atomic E-state index is 10.9. The molecule has 16 heavy (non-hydrogen) atoms. The van der Waals surface area contributed by atoms with Crippen LogP contribution >= 0.6 is 0 Å². The number of rotatable bonds is 3. The SMILES string of the molecule is CC(=O)Cc1coc(-c2cccc(O)c2)n1. The molecule has 0 aliphatic heterocycles. The molecule has 0 spiro atoms. The van der Waals surface area contributed by atoms with Gasteiger partial charge < -0.3 is 9.52 Å². The van der Waals surface area contributed by atoms with Gasteiger partial charge in [-0.1, -0.05) is 6.07 Å². The van der Waals surface area contributed by atoms with E-state index in [1.165, 1.54) is 13.2 Å². The van der Waals surface area contributed by atoms with E-state index >= 15 is 0 Å². The summed E-state index contributed by atoms with van der Waals surface area (Å²) in [7, 11) is 0. The maximum atomic E-state index is 10.9. The Hall–Kier alpha value is -2.10. The molecule has 0 saturated carbocycles. The lowest BCUT2D eigenvalue weighted by atomic mass is 10.2. The number of aromatic nitrogens is 1. The van der Waals surface area contributed by atoms with Gasteiger partial charge in [-0.25, -0.2) is 4.98 Å². The normalized spacial score (nSPS) is 10.3. The first-order valence-electron chi connectivity index (χ1n) is 4.88. The third-order valence-electron chi connectivity index (χ3n) is 2.07. The summed E-state index contributed by atoms with van der Waals surface area (Å²) in [4.78, 5) is 15.1. The lowest BCUT2D eigenvalue weighted by Gasteiger charge is -1.95. The first-order valence-corrected chi connectivity index (χ1v) is 4.88. The number of hydrogen-bond acceptors (Lipinski definition) is 4. The monoisotopic (exact) mass is 217 g/mol. The number of Topliss-reactive ketones (excluding diaryl/α,β-unsaturated/α-hetero) is 1. The molecule has 1 aromatic heterocycles. The summed E-state index contributed by atoms with van der Waals surface area (Å²) < 4.78 is 5.23. The van der Waals surface area contributed by atoms with E-state index in [1.54, 1.807) is 24.3 Å². The van der Waals surface area contributed by atoms with Gasteiger partial charge in [0.25, 0.3) is 0 Å². The molecule has 1 N–H and O–H groups in total. The van der Waals surface area contributed by atoms with E-state index in [2.05, 4.69) is 4.98 Å². The van der Waals surface area contributed by atoms with Gasteiger partial charge in [0.1, 0.15) is 17.8 Å². The number of benzene rings is 1. The van der Waals surface area contributed by atoms with Gasteiger partial charge in [0, 0.05) is 5.56 Å². The Morgan fingerprint density at radius 3 is 3.00 bits per heavy atom. The smallest absolute Gasteiger partial charge is 0.226 e. The molecule has 0 fully saturated rings. The molecule has 1 heterocycles. The number of carbonyl (C=O) groups is 1. The number of nitrogens with zero attached hydrogens (tertiary/aromatic N) is 1. The average molecular weight is 217 g/mol. The third-order valence-corrected chi connectivity index (χ3v) is 2.07. The van der Waals surface area contributed by atoms with Crippen LogP contribution in [0.2, 0.25) is 0 Å². The molecule has 2 rings (SSSR count). The zero-order valence-corrected chi connectivity index (χ0v) is 8.80. The van der Waals surface area contributed by atoms with Crippen LogP contribution in [0.5, 0.6) is 5.75 Å². The van der Waals surface area contributed by atoms with Crippen molar-refractivity contribution < 1.29 is 14.3 Å². The van der Waals surface area contributed by atoms with Crippen LogP contribution < -0.4 is 0 Å². The molecule has 2 aromatic rings. The van der Waals surface area contributed by atoms with Crippen LogP contribution in [-0.4, -0.2) is 15.9 Å². The highest BCUT2D eigenvalue weighted by Gasteiger charge is 2.08. The summed E-state index contributed by atoms with van der Waals surface area (Å²) in [5, 5.41) is 9.30. The Morgan fingerprint density at radius 1 is 1.50 bits per heavy atom. The molecule has 0 aliphatic rings. The zero-order chi connectivity index (χ0) is 11.5. The van der Waals surface area contributed by atoms with E-state index in [-0.39, 0.29) is 18.0 Å². The van der Waals surface area contributed by atoms with E-state index < -0.39 is 0 Å². The molecule has 0 unspecified atom stereocenters. The van der Waals surface area contributed by atoms with Gasteiger partial charge in [-0.2, -0.15) is 0 Å². The largest absolute Gasteiger partial charge is 0.508 e. The summed E-state index contributed by atoms with van der Waals surface area (Å²) in [6, 6.07) is 6.62. The van der Waals surface area contributed by atoms with Crippen molar-refractivity contribution in [3.63, 3.8) is 0 Å². The highest BCUT2D eigenvalue weighted by Crippen LogP contribution is 2.22. The number of phenolic OH excluding ortho intramolecular Hbond substituents is 1. The Balaban J connectivity index is 2.28. The Bertz CT molecular complexity index is 516. The predicted octanol–water partition coefficient (Wildman–Crippen LogP) is 2.18. The first kappa shape index (κ1) is 10.4. The molecular weight excluding hydrogens is 206 g/mol. The number of ketones is 1. The van der Waals surface area contributed by atoms with E-state index in [0.717, 1.165) is 0 Å². The van der Waals surface area contributed by atoms with Crippen molar-refractivity contribution in [3.8, 4) is 17.2 Å². The Labute approximate surface area is 92.6 Å². The second kappa shape index (κ2) is 4.18. The number of carbonyl (C=O) groups excluding carboxylic acids is 1. The number of phenols is 1. The molecule has 0 atom stereocenters. The third kappa shape index (κ3) is 2.28. The van der Waals surface area contributed by atoms with Crippen LogP contribution in [0.3, 0.4) is 0 Å². The van der Waals surface area contributed by atoms with Crippen molar-refractivity contribution in [2.24, 2.45) is 0 Å². The molecule has 1 aromatic carbocycles. The van der Waals surface area contributed by atoms with Crippen LogP contribution in [0.25, 0.3) is 11.5 Å². The quantitative estimate of drug-likeness (QED) is 0.855. The number of hydrogen-bond donors (Lipinski definition) is 1. The maximum Gasteiger partial charge on any atom is 0.226 e. The van der Waals surface area contributed by atoms with E-state index in [0.29, 0.717) is 17.1 Å². The lowest BCUT2D eigenvalue weighted by molar-refractivity contribution is -0.116.